The van der Waals surface area contributed by atoms with E-state index in [4.69, 9.17) is 17.0 Å². The number of hydrogen-bond donors (Lipinski definition) is 2. The minimum atomic E-state index is -0.826. The van der Waals surface area contributed by atoms with Gasteiger partial charge in [-0.1, -0.05) is 43.4 Å². The average Bonchev–Trinajstić information content (AvgIpc) is 2.68. The molecule has 2 aromatic carbocycles. The van der Waals surface area contributed by atoms with Crippen molar-refractivity contribution in [3.05, 3.63) is 88.8 Å². The van der Waals surface area contributed by atoms with Crippen molar-refractivity contribution in [3.63, 3.8) is 0 Å². The molecular formula is C19H17Cl2N3O2Zr. The fourth-order valence-electron chi connectivity index (χ4n) is 2.17. The summed E-state index contributed by atoms with van der Waals surface area (Å²) in [6.07, 6.45) is 0. The van der Waals surface area contributed by atoms with E-state index in [0.29, 0.717) is 13.1 Å². The topological polar surface area (TPSA) is 81.5 Å². The van der Waals surface area contributed by atoms with Crippen LogP contribution in [0.1, 0.15) is 11.4 Å². The first-order valence-electron chi connectivity index (χ1n) is 7.95. The molecule has 0 aliphatic heterocycles. The number of benzene rings is 2. The summed E-state index contributed by atoms with van der Waals surface area (Å²) in [5, 5.41) is 27.4. The van der Waals surface area contributed by atoms with E-state index in [9.17, 15) is 10.2 Å². The summed E-state index contributed by atoms with van der Waals surface area (Å²) in [5.74, 6) is 0.454. The second-order valence-electron chi connectivity index (χ2n) is 5.36. The zero-order valence-electron chi connectivity index (χ0n) is 14.3. The van der Waals surface area contributed by atoms with Gasteiger partial charge in [0, 0.05) is 11.4 Å². The molecule has 27 heavy (non-hydrogen) atoms. The van der Waals surface area contributed by atoms with Crippen molar-refractivity contribution in [2.75, 3.05) is 0 Å². The van der Waals surface area contributed by atoms with Crippen LogP contribution in [0.2, 0.25) is 0 Å². The van der Waals surface area contributed by atoms with Gasteiger partial charge in [-0.3, -0.25) is 4.98 Å². The monoisotopic (exact) mass is 479 g/mol. The summed E-state index contributed by atoms with van der Waals surface area (Å²) in [5.41, 5.74) is 3.32. The van der Waals surface area contributed by atoms with Gasteiger partial charge in [0.25, 0.3) is 0 Å². The van der Waals surface area contributed by atoms with E-state index in [-0.39, 0.29) is 11.5 Å². The number of phenols is 2. The number of rotatable bonds is 6. The van der Waals surface area contributed by atoms with E-state index in [1.165, 1.54) is 0 Å². The van der Waals surface area contributed by atoms with Crippen LogP contribution >= 0.6 is 17.0 Å². The maximum atomic E-state index is 9.27. The fraction of sp³-hybridized carbons (Fsp3) is 0.105. The number of halogens is 2. The molecule has 3 aromatic rings. The summed E-state index contributed by atoms with van der Waals surface area (Å²) in [6, 6.07) is 19.3. The third kappa shape index (κ3) is 8.21. The Balaban J connectivity index is 0.000000817. The number of phenolic OH excluding ortho intramolecular Hbond substituents is 2. The molecule has 0 spiro atoms. The molecule has 1 aromatic heterocycles. The molecule has 5 nitrogen and oxygen atoms in total. The van der Waals surface area contributed by atoms with Crippen molar-refractivity contribution < 1.29 is 31.1 Å². The maximum absolute atomic E-state index is 9.27. The van der Waals surface area contributed by atoms with Gasteiger partial charge in [-0.25, -0.2) is 0 Å². The predicted octanol–water partition coefficient (Wildman–Crippen LogP) is 6.28. The second kappa shape index (κ2) is 11.9. The van der Waals surface area contributed by atoms with Gasteiger partial charge in [-0.05, 0) is 36.4 Å². The molecule has 1 heterocycles. The van der Waals surface area contributed by atoms with Crippen LogP contribution in [0.25, 0.3) is 10.6 Å². The quantitative estimate of drug-likeness (QED) is 0.435. The number of nitrogens with zero attached hydrogens (tertiary/aromatic N) is 3. The third-order valence-electron chi connectivity index (χ3n) is 3.41. The molecule has 0 fully saturated rings. The molecule has 8 heteroatoms. The van der Waals surface area contributed by atoms with Gasteiger partial charge < -0.3 is 20.8 Å². The van der Waals surface area contributed by atoms with Crippen molar-refractivity contribution >= 4 is 28.4 Å². The van der Waals surface area contributed by atoms with Crippen LogP contribution in [0, 0.1) is 0 Å². The van der Waals surface area contributed by atoms with E-state index < -0.39 is 20.8 Å². The second-order valence-corrected chi connectivity index (χ2v) is 9.09. The molecule has 0 atom stereocenters. The molecule has 0 aliphatic carbocycles. The van der Waals surface area contributed by atoms with Crippen molar-refractivity contribution in [2.45, 2.75) is 13.1 Å². The number of hydrogen-bond acceptors (Lipinski definition) is 3. The Kier molecular flexibility index (Phi) is 9.47. The van der Waals surface area contributed by atoms with Gasteiger partial charge in [0.2, 0.25) is 0 Å². The minimum absolute atomic E-state index is 0.227. The van der Waals surface area contributed by atoms with Crippen LogP contribution in [0.5, 0.6) is 11.5 Å². The molecule has 0 aliphatic rings. The van der Waals surface area contributed by atoms with E-state index in [2.05, 4.69) is 15.6 Å². The predicted molar refractivity (Wildman–Crippen MR) is 106 cm³/mol. The summed E-state index contributed by atoms with van der Waals surface area (Å²) < 4.78 is 0. The van der Waals surface area contributed by atoms with E-state index in [1.807, 2.05) is 18.2 Å². The van der Waals surface area contributed by atoms with Crippen molar-refractivity contribution in [3.8, 4) is 11.5 Å². The Hall–Kier alpha value is -1.75. The molecule has 3 rings (SSSR count). The number of pyridine rings is 1. The zero-order chi connectivity index (χ0) is 19.5. The first-order valence-corrected chi connectivity index (χ1v) is 14.3. The van der Waals surface area contributed by atoms with Gasteiger partial charge in [0.15, 0.2) is 0 Å². The van der Waals surface area contributed by atoms with E-state index in [1.54, 1.807) is 48.5 Å². The van der Waals surface area contributed by atoms with Crippen LogP contribution in [0.3, 0.4) is 0 Å². The molecule has 0 bridgehead atoms. The van der Waals surface area contributed by atoms with Gasteiger partial charge in [0.05, 0.1) is 0 Å². The van der Waals surface area contributed by atoms with Crippen molar-refractivity contribution in [2.24, 2.45) is 0 Å². The van der Waals surface area contributed by atoms with Gasteiger partial charge in [-0.15, -0.1) is 11.4 Å². The molecule has 0 amide bonds. The molecule has 0 radical (unpaired) electrons. The van der Waals surface area contributed by atoms with Gasteiger partial charge in [-0.2, -0.15) is 0 Å². The Morgan fingerprint density at radius 1 is 0.704 bits per heavy atom. The Labute approximate surface area is 177 Å². The Morgan fingerprint density at radius 3 is 1.44 bits per heavy atom. The van der Waals surface area contributed by atoms with Crippen LogP contribution in [0.15, 0.2) is 66.7 Å². The van der Waals surface area contributed by atoms with Gasteiger partial charge >= 0.3 is 37.9 Å². The third-order valence-corrected chi connectivity index (χ3v) is 3.41. The van der Waals surface area contributed by atoms with Crippen molar-refractivity contribution in [1.29, 1.82) is 0 Å². The Bertz CT molecular complexity index is 753. The molecule has 0 unspecified atom stereocenters. The standard InChI is InChI=1S/C19H17N3O2.2ClH.Zr/c23-18-8-4-14(5-9-18)20-12-16-2-1-3-17(22-16)13-21-15-6-10-19(24)11-7-15;;;/h1-11,23-24H,12-13H2;2*1H;/q-2;;;+4/p-2. The molecular weight excluding hydrogens is 464 g/mol. The molecule has 138 valence electrons. The summed E-state index contributed by atoms with van der Waals surface area (Å²) >= 11 is -0.826. The average molecular weight is 481 g/mol. The first kappa shape index (κ1) is 21.6. The SMILES string of the molecule is Oc1ccc([N-]Cc2cccc(C[N-]c3ccc(O)cc3)n2)cc1.[Cl][Zr+2][Cl]. The van der Waals surface area contributed by atoms with Crippen LogP contribution < -0.4 is 0 Å². The first-order chi connectivity index (χ1) is 13.1. The fourth-order valence-corrected chi connectivity index (χ4v) is 2.17. The van der Waals surface area contributed by atoms with Crippen LogP contribution in [0.4, 0.5) is 11.4 Å². The molecule has 0 saturated heterocycles. The van der Waals surface area contributed by atoms with Crippen LogP contribution in [-0.4, -0.2) is 15.2 Å². The summed E-state index contributed by atoms with van der Waals surface area (Å²) in [4.78, 5) is 4.55. The summed E-state index contributed by atoms with van der Waals surface area (Å²) in [7, 11) is 9.87. The Morgan fingerprint density at radius 2 is 1.07 bits per heavy atom. The number of aromatic hydroxyl groups is 2. The molecule has 2 N–H and O–H groups in total. The normalized spacial score (nSPS) is 9.56. The zero-order valence-corrected chi connectivity index (χ0v) is 18.2. The summed E-state index contributed by atoms with van der Waals surface area (Å²) in [6.45, 7) is 0.940. The van der Waals surface area contributed by atoms with Gasteiger partial charge in [0.1, 0.15) is 11.5 Å². The van der Waals surface area contributed by atoms with Crippen LogP contribution in [-0.2, 0) is 33.9 Å². The van der Waals surface area contributed by atoms with Crippen molar-refractivity contribution in [1.82, 2.24) is 4.98 Å². The van der Waals surface area contributed by atoms with E-state index >= 15 is 0 Å². The molecule has 0 saturated carbocycles. The number of aromatic nitrogens is 1. The van der Waals surface area contributed by atoms with E-state index in [0.717, 1.165) is 22.8 Å².